The Morgan fingerprint density at radius 1 is 0.769 bits per heavy atom. The summed E-state index contributed by atoms with van der Waals surface area (Å²) >= 11 is 0. The van der Waals surface area contributed by atoms with Crippen LogP contribution >= 0.6 is 0 Å². The number of piperidine rings is 3. The second-order valence-electron chi connectivity index (χ2n) is 9.36. The number of rotatable bonds is 7. The fourth-order valence-electron chi connectivity index (χ4n) is 5.39. The minimum atomic E-state index is 0.774. The molecular formula is C22H44N4. The lowest BCUT2D eigenvalue weighted by atomic mass is 9.87. The minimum absolute atomic E-state index is 0.774. The van der Waals surface area contributed by atoms with E-state index in [0.29, 0.717) is 0 Å². The van der Waals surface area contributed by atoms with Gasteiger partial charge >= 0.3 is 0 Å². The van der Waals surface area contributed by atoms with Crippen molar-refractivity contribution in [3.63, 3.8) is 0 Å². The van der Waals surface area contributed by atoms with Crippen LogP contribution in [0, 0.1) is 11.8 Å². The molecule has 0 saturated carbocycles. The lowest BCUT2D eigenvalue weighted by molar-refractivity contribution is 0.0747. The molecule has 1 N–H and O–H groups in total. The van der Waals surface area contributed by atoms with Gasteiger partial charge in [0.15, 0.2) is 0 Å². The number of nitrogens with one attached hydrogen (secondary N) is 1. The third-order valence-corrected chi connectivity index (χ3v) is 7.40. The van der Waals surface area contributed by atoms with Crippen molar-refractivity contribution in [1.82, 2.24) is 20.0 Å². The van der Waals surface area contributed by atoms with Gasteiger partial charge in [0, 0.05) is 25.2 Å². The van der Waals surface area contributed by atoms with E-state index >= 15 is 0 Å². The largest absolute Gasteiger partial charge is 0.314 e. The summed E-state index contributed by atoms with van der Waals surface area (Å²) in [5.74, 6) is 1.85. The number of nitrogens with zero attached hydrogens (tertiary/aromatic N) is 3. The number of hydrogen-bond donors (Lipinski definition) is 1. The van der Waals surface area contributed by atoms with Gasteiger partial charge in [-0.2, -0.15) is 0 Å². The maximum absolute atomic E-state index is 3.63. The van der Waals surface area contributed by atoms with Crippen molar-refractivity contribution in [3.8, 4) is 0 Å². The van der Waals surface area contributed by atoms with Gasteiger partial charge in [0.05, 0.1) is 0 Å². The van der Waals surface area contributed by atoms with Crippen LogP contribution in [0.1, 0.15) is 59.3 Å². The Morgan fingerprint density at radius 3 is 1.81 bits per heavy atom. The zero-order chi connectivity index (χ0) is 18.4. The molecule has 0 aromatic heterocycles. The molecule has 0 radical (unpaired) electrons. The smallest absolute Gasteiger partial charge is 0.0120 e. The van der Waals surface area contributed by atoms with E-state index in [4.69, 9.17) is 0 Å². The van der Waals surface area contributed by atoms with E-state index in [1.54, 1.807) is 0 Å². The first kappa shape index (κ1) is 20.6. The van der Waals surface area contributed by atoms with Gasteiger partial charge in [0.1, 0.15) is 0 Å². The lowest BCUT2D eigenvalue weighted by Gasteiger charge is -2.42. The van der Waals surface area contributed by atoms with Crippen LogP contribution in [0.5, 0.6) is 0 Å². The Balaban J connectivity index is 1.29. The zero-order valence-corrected chi connectivity index (χ0v) is 17.8. The van der Waals surface area contributed by atoms with Crippen molar-refractivity contribution >= 4 is 0 Å². The fraction of sp³-hybridized carbons (Fsp3) is 1.00. The van der Waals surface area contributed by atoms with E-state index in [0.717, 1.165) is 30.5 Å². The van der Waals surface area contributed by atoms with Crippen LogP contribution in [0.2, 0.25) is 0 Å². The van der Waals surface area contributed by atoms with Gasteiger partial charge in [-0.3, -0.25) is 0 Å². The fourth-order valence-corrected chi connectivity index (χ4v) is 5.39. The molecule has 3 rings (SSSR count). The van der Waals surface area contributed by atoms with Gasteiger partial charge < -0.3 is 20.0 Å². The molecule has 3 fully saturated rings. The molecule has 152 valence electrons. The molecule has 0 aromatic rings. The predicted molar refractivity (Wildman–Crippen MR) is 112 cm³/mol. The van der Waals surface area contributed by atoms with Crippen molar-refractivity contribution in [2.45, 2.75) is 71.4 Å². The number of likely N-dealkylation sites (tertiary alicyclic amines) is 3. The summed E-state index contributed by atoms with van der Waals surface area (Å²) in [7, 11) is 0. The first-order chi connectivity index (χ1) is 12.7. The number of hydrogen-bond acceptors (Lipinski definition) is 4. The highest BCUT2D eigenvalue weighted by atomic mass is 15.2. The first-order valence-electron chi connectivity index (χ1n) is 11.6. The molecule has 0 aliphatic carbocycles. The summed E-state index contributed by atoms with van der Waals surface area (Å²) in [5, 5.41) is 3.63. The second-order valence-corrected chi connectivity index (χ2v) is 9.36. The van der Waals surface area contributed by atoms with Crippen molar-refractivity contribution in [2.24, 2.45) is 11.8 Å². The van der Waals surface area contributed by atoms with Gasteiger partial charge in [-0.25, -0.2) is 0 Å². The lowest BCUT2D eigenvalue weighted by Crippen LogP contribution is -2.51. The molecule has 0 amide bonds. The molecule has 3 heterocycles. The third kappa shape index (κ3) is 5.92. The molecule has 0 aromatic carbocycles. The Hall–Kier alpha value is -0.160. The SMILES string of the molecule is CCNC1CCN(C2CCN(CCN3CCC(C(C)C)CC3)CC2)CC1. The molecule has 0 bridgehead atoms. The summed E-state index contributed by atoms with van der Waals surface area (Å²) < 4.78 is 0. The van der Waals surface area contributed by atoms with Crippen LogP contribution in [0.25, 0.3) is 0 Å². The molecule has 0 unspecified atom stereocenters. The van der Waals surface area contributed by atoms with Crippen LogP contribution in [0.3, 0.4) is 0 Å². The Kier molecular flexibility index (Phi) is 8.23. The average Bonchev–Trinajstić information content (AvgIpc) is 2.68. The van der Waals surface area contributed by atoms with Crippen LogP contribution < -0.4 is 5.32 Å². The normalized spacial score (nSPS) is 26.8. The van der Waals surface area contributed by atoms with Gasteiger partial charge in [0.25, 0.3) is 0 Å². The van der Waals surface area contributed by atoms with Crippen LogP contribution in [0.4, 0.5) is 0 Å². The molecule has 0 spiro atoms. The molecule has 3 saturated heterocycles. The Morgan fingerprint density at radius 2 is 1.31 bits per heavy atom. The maximum Gasteiger partial charge on any atom is 0.0120 e. The first-order valence-corrected chi connectivity index (χ1v) is 11.6. The van der Waals surface area contributed by atoms with E-state index in [9.17, 15) is 0 Å². The van der Waals surface area contributed by atoms with Crippen molar-refractivity contribution in [3.05, 3.63) is 0 Å². The van der Waals surface area contributed by atoms with E-state index in [1.165, 1.54) is 90.9 Å². The van der Waals surface area contributed by atoms with Crippen LogP contribution in [-0.2, 0) is 0 Å². The molecule has 3 aliphatic rings. The minimum Gasteiger partial charge on any atom is -0.314 e. The Labute approximate surface area is 162 Å². The van der Waals surface area contributed by atoms with Gasteiger partial charge in [-0.05, 0) is 96.2 Å². The van der Waals surface area contributed by atoms with Crippen LogP contribution in [0.15, 0.2) is 0 Å². The standard InChI is InChI=1S/C22H44N4/c1-4-23-21-7-15-26(16-8-21)22-9-13-25(14-10-22)18-17-24-11-5-20(6-12-24)19(2)3/h19-23H,4-18H2,1-3H3. The van der Waals surface area contributed by atoms with Gasteiger partial charge in [0.2, 0.25) is 0 Å². The van der Waals surface area contributed by atoms with E-state index in [-0.39, 0.29) is 0 Å². The third-order valence-electron chi connectivity index (χ3n) is 7.40. The van der Waals surface area contributed by atoms with Gasteiger partial charge in [-0.1, -0.05) is 20.8 Å². The van der Waals surface area contributed by atoms with Gasteiger partial charge in [-0.15, -0.1) is 0 Å². The van der Waals surface area contributed by atoms with Crippen molar-refractivity contribution < 1.29 is 0 Å². The summed E-state index contributed by atoms with van der Waals surface area (Å²) in [5.41, 5.74) is 0. The zero-order valence-electron chi connectivity index (χ0n) is 17.8. The topological polar surface area (TPSA) is 21.8 Å². The quantitative estimate of drug-likeness (QED) is 0.750. The highest BCUT2D eigenvalue weighted by molar-refractivity contribution is 4.85. The Bertz CT molecular complexity index is 376. The molecular weight excluding hydrogens is 320 g/mol. The summed E-state index contributed by atoms with van der Waals surface area (Å²) in [6.45, 7) is 18.7. The highest BCUT2D eigenvalue weighted by Gasteiger charge is 2.28. The molecule has 26 heavy (non-hydrogen) atoms. The summed E-state index contributed by atoms with van der Waals surface area (Å²) in [6.07, 6.45) is 8.31. The monoisotopic (exact) mass is 364 g/mol. The maximum atomic E-state index is 3.63. The second kappa shape index (κ2) is 10.4. The average molecular weight is 365 g/mol. The van der Waals surface area contributed by atoms with E-state index < -0.39 is 0 Å². The van der Waals surface area contributed by atoms with Crippen molar-refractivity contribution in [1.29, 1.82) is 0 Å². The molecule has 0 atom stereocenters. The van der Waals surface area contributed by atoms with E-state index in [2.05, 4.69) is 40.8 Å². The molecule has 3 aliphatic heterocycles. The molecule has 4 heteroatoms. The van der Waals surface area contributed by atoms with E-state index in [1.807, 2.05) is 0 Å². The van der Waals surface area contributed by atoms with Crippen LogP contribution in [-0.4, -0.2) is 85.7 Å². The molecule has 4 nitrogen and oxygen atoms in total. The predicted octanol–water partition coefficient (Wildman–Crippen LogP) is 2.89. The summed E-state index contributed by atoms with van der Waals surface area (Å²) in [4.78, 5) is 8.24. The summed E-state index contributed by atoms with van der Waals surface area (Å²) in [6, 6.07) is 1.63. The highest BCUT2D eigenvalue weighted by Crippen LogP contribution is 2.25. The van der Waals surface area contributed by atoms with Crippen molar-refractivity contribution in [2.75, 3.05) is 58.9 Å².